The fourth-order valence-electron chi connectivity index (χ4n) is 2.24. The minimum absolute atomic E-state index is 0.127. The van der Waals surface area contributed by atoms with Gasteiger partial charge in [0.25, 0.3) is 20.2 Å². The molecule has 0 fully saturated rings. The Hall–Kier alpha value is -2.65. The van der Waals surface area contributed by atoms with Crippen molar-refractivity contribution in [1.29, 1.82) is 0 Å². The van der Waals surface area contributed by atoms with Gasteiger partial charge in [0.2, 0.25) is 5.13 Å². The van der Waals surface area contributed by atoms with Crippen LogP contribution >= 0.6 is 11.3 Å². The summed E-state index contributed by atoms with van der Waals surface area (Å²) in [6.45, 7) is 0. The van der Waals surface area contributed by atoms with Gasteiger partial charge in [0, 0.05) is 17.6 Å². The van der Waals surface area contributed by atoms with Crippen molar-refractivity contribution in [1.82, 2.24) is 4.98 Å². The lowest BCUT2D eigenvalue weighted by Crippen LogP contribution is -2.01. The molecule has 3 rings (SSSR count). The average Bonchev–Trinajstić information content (AvgIpc) is 3.04. The van der Waals surface area contributed by atoms with Crippen LogP contribution in [0, 0.1) is 0 Å². The van der Waals surface area contributed by atoms with Crippen molar-refractivity contribution in [2.75, 3.05) is 0 Å². The largest absolute Gasteiger partial charge is 0.507 e. The predicted octanol–water partition coefficient (Wildman–Crippen LogP) is 2.62. The summed E-state index contributed by atoms with van der Waals surface area (Å²) >= 11 is 1.06. The van der Waals surface area contributed by atoms with Crippen molar-refractivity contribution in [3.63, 3.8) is 0 Å². The Morgan fingerprint density at radius 3 is 2.22 bits per heavy atom. The lowest BCUT2D eigenvalue weighted by molar-refractivity contribution is 0.457. The third-order valence-electron chi connectivity index (χ3n) is 3.33. The summed E-state index contributed by atoms with van der Waals surface area (Å²) in [6, 6.07) is 2.24. The van der Waals surface area contributed by atoms with Gasteiger partial charge in [0.15, 0.2) is 5.75 Å². The van der Waals surface area contributed by atoms with Crippen LogP contribution in [0.15, 0.2) is 49.8 Å². The Bertz CT molecular complexity index is 1280. The van der Waals surface area contributed by atoms with Crippen LogP contribution in [0.3, 0.4) is 0 Å². The Balaban J connectivity index is 2.38. The number of benzene rings is 2. The SMILES string of the molecule is O=S(=O)(O)c1cc(O)c2c(O)c(/N=N/c3nccs3)c(S(=O)(=O)O)cc2c1. The lowest BCUT2D eigenvalue weighted by atomic mass is 10.1. The van der Waals surface area contributed by atoms with E-state index in [9.17, 15) is 31.6 Å². The summed E-state index contributed by atoms with van der Waals surface area (Å²) < 4.78 is 64.4. The Morgan fingerprint density at radius 2 is 1.67 bits per heavy atom. The van der Waals surface area contributed by atoms with Gasteiger partial charge in [-0.05, 0) is 17.5 Å². The standard InChI is InChI=1S/C13H9N3O8S3/c17-8-5-7(26(19,20)21)3-6-4-9(27(22,23)24)11(12(18)10(6)8)15-16-13-14-1-2-25-13/h1-5,17-18H,(H,19,20,21)(H,22,23,24)/b16-15+. The Kier molecular flexibility index (Phi) is 4.61. The van der Waals surface area contributed by atoms with Crippen molar-refractivity contribution in [2.45, 2.75) is 9.79 Å². The molecule has 1 heterocycles. The van der Waals surface area contributed by atoms with Crippen LogP contribution in [0.2, 0.25) is 0 Å². The molecule has 0 unspecified atom stereocenters. The van der Waals surface area contributed by atoms with Crippen molar-refractivity contribution in [2.24, 2.45) is 10.2 Å². The number of thiazole rings is 1. The second-order valence-electron chi connectivity index (χ2n) is 5.08. The number of aromatic nitrogens is 1. The molecule has 0 aliphatic rings. The van der Waals surface area contributed by atoms with E-state index < -0.39 is 47.2 Å². The topological polar surface area (TPSA) is 187 Å². The molecule has 0 aliphatic heterocycles. The molecular formula is C13H9N3O8S3. The molecular weight excluding hydrogens is 422 g/mol. The van der Waals surface area contributed by atoms with Gasteiger partial charge >= 0.3 is 0 Å². The van der Waals surface area contributed by atoms with E-state index in [-0.39, 0.29) is 15.9 Å². The molecule has 2 aromatic carbocycles. The van der Waals surface area contributed by atoms with Crippen molar-refractivity contribution >= 4 is 53.2 Å². The van der Waals surface area contributed by atoms with Crippen molar-refractivity contribution in [3.8, 4) is 11.5 Å². The Morgan fingerprint density at radius 1 is 0.963 bits per heavy atom. The maximum Gasteiger partial charge on any atom is 0.296 e. The normalized spacial score (nSPS) is 12.8. The van der Waals surface area contributed by atoms with E-state index in [1.54, 1.807) is 5.38 Å². The highest BCUT2D eigenvalue weighted by Crippen LogP contribution is 2.45. The van der Waals surface area contributed by atoms with Crippen LogP contribution in [-0.4, -0.2) is 41.1 Å². The van der Waals surface area contributed by atoms with Crippen LogP contribution in [0.1, 0.15) is 0 Å². The molecule has 0 radical (unpaired) electrons. The molecule has 142 valence electrons. The zero-order chi connectivity index (χ0) is 20.0. The molecule has 14 heteroatoms. The fourth-order valence-corrected chi connectivity index (χ4v) is 3.89. The van der Waals surface area contributed by atoms with E-state index in [1.165, 1.54) is 6.20 Å². The van der Waals surface area contributed by atoms with Gasteiger partial charge in [-0.1, -0.05) is 0 Å². The van der Waals surface area contributed by atoms with E-state index in [0.29, 0.717) is 6.07 Å². The number of hydrogen-bond acceptors (Lipinski definition) is 10. The van der Waals surface area contributed by atoms with Crippen LogP contribution in [-0.2, 0) is 20.2 Å². The maximum absolute atomic E-state index is 11.7. The summed E-state index contributed by atoms with van der Waals surface area (Å²) in [6.07, 6.45) is 1.41. The van der Waals surface area contributed by atoms with Gasteiger partial charge in [-0.2, -0.15) is 16.8 Å². The second kappa shape index (κ2) is 6.50. The molecule has 0 aliphatic carbocycles. The van der Waals surface area contributed by atoms with Gasteiger partial charge in [-0.15, -0.1) is 21.6 Å². The first-order valence-electron chi connectivity index (χ1n) is 6.77. The average molecular weight is 431 g/mol. The number of azo groups is 1. The number of phenolic OH excluding ortho intramolecular Hbond substituents is 2. The molecule has 0 bridgehead atoms. The lowest BCUT2D eigenvalue weighted by Gasteiger charge is -2.11. The zero-order valence-electron chi connectivity index (χ0n) is 12.9. The third-order valence-corrected chi connectivity index (χ3v) is 5.69. The number of nitrogens with zero attached hydrogens (tertiary/aromatic N) is 3. The van der Waals surface area contributed by atoms with Gasteiger partial charge in [-0.3, -0.25) is 9.11 Å². The number of rotatable bonds is 4. The Labute approximate surface area is 155 Å². The smallest absolute Gasteiger partial charge is 0.296 e. The van der Waals surface area contributed by atoms with Gasteiger partial charge in [-0.25, -0.2) is 4.98 Å². The fraction of sp³-hybridized carbons (Fsp3) is 0. The molecule has 11 nitrogen and oxygen atoms in total. The summed E-state index contributed by atoms with van der Waals surface area (Å²) in [4.78, 5) is 2.16. The molecule has 0 atom stereocenters. The molecule has 0 saturated heterocycles. The van der Waals surface area contributed by atoms with Gasteiger partial charge < -0.3 is 10.2 Å². The molecule has 4 N–H and O–H groups in total. The van der Waals surface area contributed by atoms with E-state index in [1.807, 2.05) is 0 Å². The number of phenols is 2. The maximum atomic E-state index is 11.7. The predicted molar refractivity (Wildman–Crippen MR) is 93.2 cm³/mol. The summed E-state index contributed by atoms with van der Waals surface area (Å²) in [5.74, 6) is -1.65. The number of aromatic hydroxyl groups is 2. The number of hydrogen-bond donors (Lipinski definition) is 4. The molecule has 27 heavy (non-hydrogen) atoms. The zero-order valence-corrected chi connectivity index (χ0v) is 15.3. The van der Waals surface area contributed by atoms with E-state index >= 15 is 0 Å². The first-order valence-corrected chi connectivity index (χ1v) is 10.5. The highest BCUT2D eigenvalue weighted by atomic mass is 32.2. The minimum Gasteiger partial charge on any atom is -0.507 e. The van der Waals surface area contributed by atoms with E-state index in [4.69, 9.17) is 4.55 Å². The molecule has 0 spiro atoms. The van der Waals surface area contributed by atoms with Crippen LogP contribution in [0.4, 0.5) is 10.8 Å². The highest BCUT2D eigenvalue weighted by Gasteiger charge is 2.25. The van der Waals surface area contributed by atoms with E-state index in [2.05, 4.69) is 15.2 Å². The summed E-state index contributed by atoms with van der Waals surface area (Å²) in [5.41, 5.74) is -0.685. The molecule has 1 aromatic heterocycles. The molecule has 3 aromatic rings. The van der Waals surface area contributed by atoms with Crippen LogP contribution < -0.4 is 0 Å². The third kappa shape index (κ3) is 3.74. The quantitative estimate of drug-likeness (QED) is 0.355. The summed E-state index contributed by atoms with van der Waals surface area (Å²) in [7, 11) is -9.65. The van der Waals surface area contributed by atoms with Gasteiger partial charge in [0.05, 0.1) is 10.3 Å². The van der Waals surface area contributed by atoms with Crippen LogP contribution in [0.25, 0.3) is 10.8 Å². The van der Waals surface area contributed by atoms with E-state index in [0.717, 1.165) is 23.5 Å². The second-order valence-corrected chi connectivity index (χ2v) is 8.76. The van der Waals surface area contributed by atoms with Crippen molar-refractivity contribution < 1.29 is 36.2 Å². The highest BCUT2D eigenvalue weighted by molar-refractivity contribution is 7.86. The van der Waals surface area contributed by atoms with Crippen LogP contribution in [0.5, 0.6) is 11.5 Å². The summed E-state index contributed by atoms with van der Waals surface area (Å²) in [5, 5.41) is 28.7. The van der Waals surface area contributed by atoms with Gasteiger partial charge in [0.1, 0.15) is 16.3 Å². The number of fused-ring (bicyclic) bond motifs is 1. The van der Waals surface area contributed by atoms with Crippen molar-refractivity contribution in [3.05, 3.63) is 29.8 Å². The first kappa shape index (κ1) is 19.1. The molecule has 0 saturated carbocycles. The monoisotopic (exact) mass is 431 g/mol. The molecule has 0 amide bonds. The first-order chi connectivity index (χ1) is 12.5. The minimum atomic E-state index is -4.92.